The van der Waals surface area contributed by atoms with Crippen molar-refractivity contribution in [3.63, 3.8) is 0 Å². The average Bonchev–Trinajstić information content (AvgIpc) is 2.72. The number of thioether (sulfide) groups is 1. The Balaban J connectivity index is 0.00000320. The second-order valence-corrected chi connectivity index (χ2v) is 8.48. The van der Waals surface area contributed by atoms with E-state index in [0.29, 0.717) is 17.3 Å². The van der Waals surface area contributed by atoms with E-state index in [1.807, 2.05) is 23.9 Å². The molecule has 0 aliphatic carbocycles. The van der Waals surface area contributed by atoms with Crippen LogP contribution in [-0.2, 0) is 11.2 Å². The minimum absolute atomic E-state index is 0. The van der Waals surface area contributed by atoms with Gasteiger partial charge in [-0.1, -0.05) is 13.0 Å². The van der Waals surface area contributed by atoms with Gasteiger partial charge in [-0.2, -0.15) is 11.8 Å². The Labute approximate surface area is 187 Å². The molecule has 1 aliphatic rings. The summed E-state index contributed by atoms with van der Waals surface area (Å²) in [5, 5.41) is 24.0. The van der Waals surface area contributed by atoms with E-state index >= 15 is 0 Å². The van der Waals surface area contributed by atoms with Crippen molar-refractivity contribution in [3.05, 3.63) is 59.2 Å². The number of aliphatic carboxylic acids is 1. The minimum Gasteiger partial charge on any atom is -0.479 e. The zero-order chi connectivity index (χ0) is 20.8. The number of nitrogens with one attached hydrogen (secondary N) is 3. The molecule has 8 heteroatoms. The highest BCUT2D eigenvalue weighted by atomic mass is 35.5. The summed E-state index contributed by atoms with van der Waals surface area (Å²) >= 11 is 1.98. The van der Waals surface area contributed by atoms with Crippen molar-refractivity contribution < 1.29 is 9.90 Å². The van der Waals surface area contributed by atoms with Gasteiger partial charge in [0, 0.05) is 23.0 Å². The van der Waals surface area contributed by atoms with Crippen LogP contribution in [0.3, 0.4) is 0 Å². The molecule has 1 aliphatic heterocycles. The maximum Gasteiger partial charge on any atom is 0.330 e. The Hall–Kier alpha value is -2.38. The maximum absolute atomic E-state index is 12.0. The zero-order valence-electron chi connectivity index (χ0n) is 17.0. The first-order valence-corrected chi connectivity index (χ1v) is 11.0. The molecule has 0 aromatic heterocycles. The number of amidine groups is 1. The van der Waals surface area contributed by atoms with Gasteiger partial charge in [0.1, 0.15) is 5.84 Å². The second-order valence-electron chi connectivity index (χ2n) is 7.25. The normalized spacial score (nSPS) is 15.0. The molecule has 6 N–H and O–H groups in total. The van der Waals surface area contributed by atoms with Crippen molar-refractivity contribution >= 4 is 47.3 Å². The first-order valence-electron chi connectivity index (χ1n) is 9.88. The topological polar surface area (TPSA) is 111 Å². The standard InChI is InChI=1S/C22H28N4O2S.ClH/c1-2-14-11-16(13-19(12-14)25-18-7-9-29-10-8-18)20(22(27)28)26-17-5-3-15(4-6-17)21(23)24;/h3-6,11-13,18,20,25-26H,2,7-10H2,1H3,(H3,23,24)(H,27,28);1H. The summed E-state index contributed by atoms with van der Waals surface area (Å²) < 4.78 is 0. The van der Waals surface area contributed by atoms with Gasteiger partial charge in [-0.15, -0.1) is 12.4 Å². The zero-order valence-corrected chi connectivity index (χ0v) is 18.6. The lowest BCUT2D eigenvalue weighted by atomic mass is 10.00. The summed E-state index contributed by atoms with van der Waals surface area (Å²) in [5.41, 5.74) is 9.58. The molecule has 0 saturated carbocycles. The first-order chi connectivity index (χ1) is 14.0. The molecule has 162 valence electrons. The number of aryl methyl sites for hydroxylation is 1. The quantitative estimate of drug-likeness (QED) is 0.300. The molecule has 0 spiro atoms. The first kappa shape index (κ1) is 23.9. The van der Waals surface area contributed by atoms with E-state index < -0.39 is 12.0 Å². The van der Waals surface area contributed by atoms with E-state index in [2.05, 4.69) is 23.6 Å². The summed E-state index contributed by atoms with van der Waals surface area (Å²) in [7, 11) is 0. The third-order valence-electron chi connectivity index (χ3n) is 5.10. The van der Waals surface area contributed by atoms with Crippen LogP contribution in [0.5, 0.6) is 0 Å². The number of hydrogen-bond acceptors (Lipinski definition) is 5. The third-order valence-corrected chi connectivity index (χ3v) is 6.15. The number of carboxylic acids is 1. The van der Waals surface area contributed by atoms with Gasteiger partial charge in [0.25, 0.3) is 0 Å². The van der Waals surface area contributed by atoms with Crippen molar-refractivity contribution in [1.82, 2.24) is 0 Å². The highest BCUT2D eigenvalue weighted by molar-refractivity contribution is 7.99. The number of carboxylic acid groups (broad SMARTS) is 1. The predicted octanol–water partition coefficient (Wildman–Crippen LogP) is 4.50. The van der Waals surface area contributed by atoms with Crippen LogP contribution < -0.4 is 16.4 Å². The van der Waals surface area contributed by atoms with Gasteiger partial charge < -0.3 is 21.5 Å². The van der Waals surface area contributed by atoms with Crippen molar-refractivity contribution in [1.29, 1.82) is 5.41 Å². The van der Waals surface area contributed by atoms with E-state index in [4.69, 9.17) is 11.1 Å². The van der Waals surface area contributed by atoms with Crippen molar-refractivity contribution in [2.75, 3.05) is 22.1 Å². The van der Waals surface area contributed by atoms with E-state index in [0.717, 1.165) is 47.6 Å². The Morgan fingerprint density at radius 3 is 2.43 bits per heavy atom. The molecule has 0 radical (unpaired) electrons. The van der Waals surface area contributed by atoms with Gasteiger partial charge in [0.2, 0.25) is 0 Å². The molecule has 3 rings (SSSR count). The van der Waals surface area contributed by atoms with Gasteiger partial charge >= 0.3 is 5.97 Å². The van der Waals surface area contributed by atoms with E-state index in [1.165, 1.54) is 0 Å². The smallest absolute Gasteiger partial charge is 0.330 e. The molecule has 1 atom stereocenters. The van der Waals surface area contributed by atoms with E-state index in [9.17, 15) is 9.90 Å². The van der Waals surface area contributed by atoms with Crippen molar-refractivity contribution in [2.45, 2.75) is 38.3 Å². The lowest BCUT2D eigenvalue weighted by Crippen LogP contribution is -2.25. The van der Waals surface area contributed by atoms with Crippen LogP contribution in [0.1, 0.15) is 42.5 Å². The largest absolute Gasteiger partial charge is 0.479 e. The Morgan fingerprint density at radius 2 is 1.87 bits per heavy atom. The molecule has 1 fully saturated rings. The summed E-state index contributed by atoms with van der Waals surface area (Å²) in [5.74, 6) is 1.37. The van der Waals surface area contributed by atoms with Crippen LogP contribution in [0.4, 0.5) is 11.4 Å². The fraction of sp³-hybridized carbons (Fsp3) is 0.364. The second kappa shape index (κ2) is 11.1. The van der Waals surface area contributed by atoms with Gasteiger partial charge in [-0.05, 0) is 78.3 Å². The molecular formula is C22H29ClN4O2S. The molecule has 0 amide bonds. The minimum atomic E-state index is -0.936. The van der Waals surface area contributed by atoms with E-state index in [1.54, 1.807) is 24.3 Å². The lowest BCUT2D eigenvalue weighted by molar-refractivity contribution is -0.138. The number of hydrogen-bond donors (Lipinski definition) is 5. The fourth-order valence-corrected chi connectivity index (χ4v) is 4.56. The van der Waals surface area contributed by atoms with Gasteiger partial charge in [-0.25, -0.2) is 4.79 Å². The van der Waals surface area contributed by atoms with Gasteiger partial charge in [0.05, 0.1) is 0 Å². The lowest BCUT2D eigenvalue weighted by Gasteiger charge is -2.25. The number of anilines is 2. The van der Waals surface area contributed by atoms with Crippen LogP contribution in [-0.4, -0.2) is 34.5 Å². The number of nitrogen functional groups attached to an aromatic ring is 1. The van der Waals surface area contributed by atoms with Gasteiger partial charge in [0.15, 0.2) is 6.04 Å². The van der Waals surface area contributed by atoms with E-state index in [-0.39, 0.29) is 18.2 Å². The van der Waals surface area contributed by atoms with Crippen LogP contribution in [0.2, 0.25) is 0 Å². The van der Waals surface area contributed by atoms with Crippen molar-refractivity contribution in [3.8, 4) is 0 Å². The summed E-state index contributed by atoms with van der Waals surface area (Å²) in [4.78, 5) is 12.0. The Morgan fingerprint density at radius 1 is 1.20 bits per heavy atom. The van der Waals surface area contributed by atoms with Crippen LogP contribution >= 0.6 is 24.2 Å². The van der Waals surface area contributed by atoms with Crippen molar-refractivity contribution in [2.24, 2.45) is 5.73 Å². The monoisotopic (exact) mass is 448 g/mol. The fourth-order valence-electron chi connectivity index (χ4n) is 3.45. The SMILES string of the molecule is CCc1cc(NC2CCSCC2)cc(C(Nc2ccc(C(=N)N)cc2)C(=O)O)c1.Cl. The molecule has 2 aromatic carbocycles. The molecule has 6 nitrogen and oxygen atoms in total. The molecule has 1 unspecified atom stereocenters. The van der Waals surface area contributed by atoms with Crippen LogP contribution in [0.25, 0.3) is 0 Å². The summed E-state index contributed by atoms with van der Waals surface area (Å²) in [6, 6.07) is 12.5. The molecule has 2 aromatic rings. The molecule has 0 bridgehead atoms. The Bertz CT molecular complexity index is 870. The third kappa shape index (κ3) is 6.31. The maximum atomic E-state index is 12.0. The highest BCUT2D eigenvalue weighted by Crippen LogP contribution is 2.27. The average molecular weight is 449 g/mol. The predicted molar refractivity (Wildman–Crippen MR) is 128 cm³/mol. The highest BCUT2D eigenvalue weighted by Gasteiger charge is 2.22. The number of benzene rings is 2. The number of halogens is 1. The molecule has 30 heavy (non-hydrogen) atoms. The summed E-state index contributed by atoms with van der Waals surface area (Å²) in [6.07, 6.45) is 3.08. The number of carbonyl (C=O) groups is 1. The summed E-state index contributed by atoms with van der Waals surface area (Å²) in [6.45, 7) is 2.07. The molecular weight excluding hydrogens is 420 g/mol. The molecule has 1 heterocycles. The Kier molecular flexibility index (Phi) is 8.87. The van der Waals surface area contributed by atoms with Crippen LogP contribution in [0.15, 0.2) is 42.5 Å². The molecule has 1 saturated heterocycles. The number of rotatable bonds is 8. The van der Waals surface area contributed by atoms with Crippen LogP contribution in [0, 0.1) is 5.41 Å². The van der Waals surface area contributed by atoms with Gasteiger partial charge in [-0.3, -0.25) is 5.41 Å². The number of nitrogens with two attached hydrogens (primary N) is 1.